The van der Waals surface area contributed by atoms with Crippen LogP contribution in [0.1, 0.15) is 31.3 Å². The minimum atomic E-state index is 0.0368. The average Bonchev–Trinajstić information content (AvgIpc) is 2.76. The standard InChI is InChI=1S/C11H19N3O/c1-9-13-7-10(14-9)6-12-8-11(2)4-3-5-15-11/h7,12H,3-6,8H2,1-2H3,(H,13,14). The lowest BCUT2D eigenvalue weighted by atomic mass is 10.0. The summed E-state index contributed by atoms with van der Waals surface area (Å²) in [6, 6.07) is 0. The molecular weight excluding hydrogens is 190 g/mol. The predicted molar refractivity (Wildman–Crippen MR) is 58.6 cm³/mol. The Morgan fingerprint density at radius 1 is 1.67 bits per heavy atom. The van der Waals surface area contributed by atoms with Crippen LogP contribution in [0.15, 0.2) is 6.20 Å². The summed E-state index contributed by atoms with van der Waals surface area (Å²) in [6.45, 7) is 6.78. The van der Waals surface area contributed by atoms with Crippen molar-refractivity contribution in [2.24, 2.45) is 0 Å². The summed E-state index contributed by atoms with van der Waals surface area (Å²) in [5, 5.41) is 3.40. The van der Waals surface area contributed by atoms with E-state index in [2.05, 4.69) is 22.2 Å². The maximum absolute atomic E-state index is 5.70. The number of imidazole rings is 1. The highest BCUT2D eigenvalue weighted by Gasteiger charge is 2.28. The van der Waals surface area contributed by atoms with E-state index in [1.807, 2.05) is 13.1 Å². The van der Waals surface area contributed by atoms with Gasteiger partial charge in [0.1, 0.15) is 5.82 Å². The van der Waals surface area contributed by atoms with Crippen molar-refractivity contribution < 1.29 is 4.74 Å². The molecule has 1 aromatic heterocycles. The van der Waals surface area contributed by atoms with Gasteiger partial charge in [0.15, 0.2) is 0 Å². The summed E-state index contributed by atoms with van der Waals surface area (Å²) < 4.78 is 5.70. The quantitative estimate of drug-likeness (QED) is 0.787. The molecule has 2 N–H and O–H groups in total. The Labute approximate surface area is 90.4 Å². The monoisotopic (exact) mass is 209 g/mol. The fourth-order valence-electron chi connectivity index (χ4n) is 2.00. The molecule has 1 aliphatic heterocycles. The molecule has 0 spiro atoms. The lowest BCUT2D eigenvalue weighted by molar-refractivity contribution is 0.0206. The molecule has 0 saturated carbocycles. The van der Waals surface area contributed by atoms with E-state index in [-0.39, 0.29) is 5.60 Å². The molecule has 0 bridgehead atoms. The summed E-state index contributed by atoms with van der Waals surface area (Å²) in [6.07, 6.45) is 4.21. The molecule has 15 heavy (non-hydrogen) atoms. The molecule has 1 saturated heterocycles. The number of aromatic nitrogens is 2. The maximum atomic E-state index is 5.70. The Balaban J connectivity index is 1.75. The number of hydrogen-bond donors (Lipinski definition) is 2. The zero-order valence-corrected chi connectivity index (χ0v) is 9.47. The minimum Gasteiger partial charge on any atom is -0.374 e. The fraction of sp³-hybridized carbons (Fsp3) is 0.727. The van der Waals surface area contributed by atoms with Crippen LogP contribution in [0, 0.1) is 6.92 Å². The van der Waals surface area contributed by atoms with Crippen LogP contribution in [0.25, 0.3) is 0 Å². The van der Waals surface area contributed by atoms with E-state index in [4.69, 9.17) is 4.74 Å². The third-order valence-corrected chi connectivity index (χ3v) is 2.87. The van der Waals surface area contributed by atoms with Gasteiger partial charge in [-0.2, -0.15) is 0 Å². The van der Waals surface area contributed by atoms with Gasteiger partial charge >= 0.3 is 0 Å². The topological polar surface area (TPSA) is 49.9 Å². The first-order valence-electron chi connectivity index (χ1n) is 5.53. The summed E-state index contributed by atoms with van der Waals surface area (Å²) in [7, 11) is 0. The van der Waals surface area contributed by atoms with E-state index in [9.17, 15) is 0 Å². The van der Waals surface area contributed by atoms with Crippen LogP contribution in [0.3, 0.4) is 0 Å². The number of hydrogen-bond acceptors (Lipinski definition) is 3. The number of nitrogens with one attached hydrogen (secondary N) is 2. The molecule has 4 nitrogen and oxygen atoms in total. The molecule has 1 fully saturated rings. The summed E-state index contributed by atoms with van der Waals surface area (Å²) in [5.41, 5.74) is 1.17. The molecule has 4 heteroatoms. The average molecular weight is 209 g/mol. The highest BCUT2D eigenvalue weighted by Crippen LogP contribution is 2.23. The van der Waals surface area contributed by atoms with E-state index in [0.29, 0.717) is 0 Å². The van der Waals surface area contributed by atoms with Crippen LogP contribution in [-0.2, 0) is 11.3 Å². The van der Waals surface area contributed by atoms with Gasteiger partial charge in [-0.15, -0.1) is 0 Å². The number of H-pyrrole nitrogens is 1. The molecule has 2 heterocycles. The summed E-state index contributed by atoms with van der Waals surface area (Å²) in [4.78, 5) is 7.36. The molecule has 0 aliphatic carbocycles. The van der Waals surface area contributed by atoms with Crippen LogP contribution in [0.4, 0.5) is 0 Å². The zero-order valence-electron chi connectivity index (χ0n) is 9.47. The first kappa shape index (κ1) is 10.6. The maximum Gasteiger partial charge on any atom is 0.103 e. The summed E-state index contributed by atoms with van der Waals surface area (Å²) >= 11 is 0. The number of nitrogens with zero attached hydrogens (tertiary/aromatic N) is 1. The SMILES string of the molecule is Cc1ncc(CNCC2(C)CCCO2)[nH]1. The van der Waals surface area contributed by atoms with E-state index in [0.717, 1.165) is 37.6 Å². The van der Waals surface area contributed by atoms with E-state index in [1.54, 1.807) is 0 Å². The lowest BCUT2D eigenvalue weighted by Crippen LogP contribution is -2.36. The van der Waals surface area contributed by atoms with Gasteiger partial charge in [-0.25, -0.2) is 4.98 Å². The van der Waals surface area contributed by atoms with E-state index in [1.165, 1.54) is 6.42 Å². The molecule has 1 aliphatic rings. The Bertz CT molecular complexity index is 315. The fourth-order valence-corrected chi connectivity index (χ4v) is 2.00. The second-order valence-corrected chi connectivity index (χ2v) is 4.50. The van der Waals surface area contributed by atoms with Crippen molar-refractivity contribution in [3.05, 3.63) is 17.7 Å². The lowest BCUT2D eigenvalue weighted by Gasteiger charge is -2.23. The van der Waals surface area contributed by atoms with Crippen LogP contribution in [0.2, 0.25) is 0 Å². The number of aromatic amines is 1. The van der Waals surface area contributed by atoms with Crippen LogP contribution < -0.4 is 5.32 Å². The molecule has 84 valence electrons. The van der Waals surface area contributed by atoms with Crippen molar-refractivity contribution in [2.45, 2.75) is 38.8 Å². The number of aryl methyl sites for hydroxylation is 1. The van der Waals surface area contributed by atoms with Gasteiger partial charge in [0.05, 0.1) is 5.60 Å². The van der Waals surface area contributed by atoms with Crippen molar-refractivity contribution in [1.82, 2.24) is 15.3 Å². The Kier molecular flexibility index (Phi) is 3.07. The second-order valence-electron chi connectivity index (χ2n) is 4.50. The normalized spacial score (nSPS) is 26.0. The molecule has 0 radical (unpaired) electrons. The predicted octanol–water partition coefficient (Wildman–Crippen LogP) is 1.38. The minimum absolute atomic E-state index is 0.0368. The van der Waals surface area contributed by atoms with Crippen molar-refractivity contribution >= 4 is 0 Å². The van der Waals surface area contributed by atoms with E-state index < -0.39 is 0 Å². The molecular formula is C11H19N3O. The highest BCUT2D eigenvalue weighted by atomic mass is 16.5. The van der Waals surface area contributed by atoms with Crippen molar-refractivity contribution in [1.29, 1.82) is 0 Å². The van der Waals surface area contributed by atoms with Crippen LogP contribution in [-0.4, -0.2) is 28.7 Å². The van der Waals surface area contributed by atoms with E-state index >= 15 is 0 Å². The number of rotatable bonds is 4. The number of ether oxygens (including phenoxy) is 1. The van der Waals surface area contributed by atoms with Gasteiger partial charge in [-0.05, 0) is 26.7 Å². The van der Waals surface area contributed by atoms with Gasteiger partial charge in [0.2, 0.25) is 0 Å². The first-order valence-corrected chi connectivity index (χ1v) is 5.53. The van der Waals surface area contributed by atoms with Crippen molar-refractivity contribution in [3.63, 3.8) is 0 Å². The van der Waals surface area contributed by atoms with Gasteiger partial charge in [-0.3, -0.25) is 0 Å². The van der Waals surface area contributed by atoms with Gasteiger partial charge < -0.3 is 15.0 Å². The van der Waals surface area contributed by atoms with Crippen LogP contribution >= 0.6 is 0 Å². The molecule has 2 rings (SSSR count). The van der Waals surface area contributed by atoms with Gasteiger partial charge in [0.25, 0.3) is 0 Å². The smallest absolute Gasteiger partial charge is 0.103 e. The molecule has 1 unspecified atom stereocenters. The molecule has 0 aromatic carbocycles. The van der Waals surface area contributed by atoms with Gasteiger partial charge in [-0.1, -0.05) is 0 Å². The third-order valence-electron chi connectivity index (χ3n) is 2.87. The highest BCUT2D eigenvalue weighted by molar-refractivity contribution is 4.99. The Morgan fingerprint density at radius 2 is 2.53 bits per heavy atom. The molecule has 1 atom stereocenters. The largest absolute Gasteiger partial charge is 0.374 e. The molecule has 0 amide bonds. The van der Waals surface area contributed by atoms with Crippen LogP contribution in [0.5, 0.6) is 0 Å². The van der Waals surface area contributed by atoms with Crippen molar-refractivity contribution in [3.8, 4) is 0 Å². The summed E-state index contributed by atoms with van der Waals surface area (Å²) in [5.74, 6) is 0.968. The molecule has 1 aromatic rings. The van der Waals surface area contributed by atoms with Gasteiger partial charge in [0, 0.05) is 31.6 Å². The second kappa shape index (κ2) is 4.33. The Morgan fingerprint density at radius 3 is 3.13 bits per heavy atom. The first-order chi connectivity index (χ1) is 7.18. The zero-order chi connectivity index (χ0) is 10.7. The van der Waals surface area contributed by atoms with Crippen molar-refractivity contribution in [2.75, 3.05) is 13.2 Å². The Hall–Kier alpha value is -0.870. The third kappa shape index (κ3) is 2.79.